The molecular weight excluding hydrogens is 204 g/mol. The maximum Gasteiger partial charge on any atom is 0.235 e. The molecule has 2 fully saturated rings. The maximum atomic E-state index is 11.3. The Morgan fingerprint density at radius 3 is 2.31 bits per heavy atom. The molecule has 2 aliphatic rings. The molecule has 1 saturated carbocycles. The largest absolute Gasteiger partial charge is 0.368 e. The Labute approximate surface area is 96.2 Å². The number of nitrogens with zero attached hydrogens (tertiary/aromatic N) is 1. The number of aldehydes is 1. The summed E-state index contributed by atoms with van der Waals surface area (Å²) in [6.07, 6.45) is 6.21. The van der Waals surface area contributed by atoms with Crippen molar-refractivity contribution in [3.8, 4) is 0 Å². The summed E-state index contributed by atoms with van der Waals surface area (Å²) < 4.78 is 0. The Morgan fingerprint density at radius 2 is 1.88 bits per heavy atom. The molecule has 4 nitrogen and oxygen atoms in total. The minimum atomic E-state index is -0.372. The van der Waals surface area contributed by atoms with Gasteiger partial charge in [0.2, 0.25) is 5.91 Å². The molecule has 3 unspecified atom stereocenters. The quantitative estimate of drug-likeness (QED) is 0.709. The van der Waals surface area contributed by atoms with E-state index in [0.29, 0.717) is 0 Å². The molecule has 4 heteroatoms. The van der Waals surface area contributed by atoms with Crippen LogP contribution in [0.25, 0.3) is 0 Å². The van der Waals surface area contributed by atoms with Crippen molar-refractivity contribution in [3.05, 3.63) is 0 Å². The van der Waals surface area contributed by atoms with Crippen molar-refractivity contribution in [2.45, 2.75) is 38.1 Å². The highest BCUT2D eigenvalue weighted by Crippen LogP contribution is 2.36. The van der Waals surface area contributed by atoms with Crippen molar-refractivity contribution in [1.29, 1.82) is 0 Å². The van der Waals surface area contributed by atoms with E-state index in [1.54, 1.807) is 0 Å². The Bertz CT molecular complexity index is 266. The molecule has 2 rings (SSSR count). The third kappa shape index (κ3) is 2.26. The van der Waals surface area contributed by atoms with Gasteiger partial charge < -0.3 is 10.5 Å². The van der Waals surface area contributed by atoms with Gasteiger partial charge in [-0.05, 0) is 24.7 Å². The molecule has 3 atom stereocenters. The van der Waals surface area contributed by atoms with Crippen LogP contribution in [0, 0.1) is 11.8 Å². The van der Waals surface area contributed by atoms with Gasteiger partial charge in [0.1, 0.15) is 6.29 Å². The van der Waals surface area contributed by atoms with Crippen molar-refractivity contribution in [2.24, 2.45) is 17.6 Å². The second kappa shape index (κ2) is 4.95. The monoisotopic (exact) mass is 224 g/mol. The minimum absolute atomic E-state index is 0.245. The highest BCUT2D eigenvalue weighted by Gasteiger charge is 2.38. The number of fused-ring (bicyclic) bond motifs is 1. The fourth-order valence-electron chi connectivity index (χ4n) is 3.23. The lowest BCUT2D eigenvalue weighted by atomic mass is 9.82. The van der Waals surface area contributed by atoms with Crippen LogP contribution in [0.1, 0.15) is 32.1 Å². The van der Waals surface area contributed by atoms with Gasteiger partial charge in [-0.15, -0.1) is 0 Å². The predicted molar refractivity (Wildman–Crippen MR) is 60.7 cm³/mol. The molecule has 0 radical (unpaired) electrons. The zero-order valence-electron chi connectivity index (χ0n) is 9.60. The molecule has 0 bridgehead atoms. The zero-order chi connectivity index (χ0) is 11.5. The van der Waals surface area contributed by atoms with Gasteiger partial charge in [-0.25, -0.2) is 0 Å². The molecule has 0 spiro atoms. The summed E-state index contributed by atoms with van der Waals surface area (Å²) in [7, 11) is 0. The average Bonchev–Trinajstić information content (AvgIpc) is 2.68. The number of carbonyl (C=O) groups is 2. The number of hydrogen-bond donors (Lipinski definition) is 1. The van der Waals surface area contributed by atoms with E-state index in [0.717, 1.165) is 31.2 Å². The molecule has 0 aromatic rings. The van der Waals surface area contributed by atoms with Crippen LogP contribution < -0.4 is 5.73 Å². The van der Waals surface area contributed by atoms with E-state index >= 15 is 0 Å². The maximum absolute atomic E-state index is 11.3. The molecule has 1 saturated heterocycles. The molecule has 2 N–H and O–H groups in total. The summed E-state index contributed by atoms with van der Waals surface area (Å²) in [6.45, 7) is 1.90. The van der Waals surface area contributed by atoms with Gasteiger partial charge in [0.25, 0.3) is 0 Å². The van der Waals surface area contributed by atoms with E-state index in [2.05, 4.69) is 4.90 Å². The van der Waals surface area contributed by atoms with Gasteiger partial charge >= 0.3 is 0 Å². The summed E-state index contributed by atoms with van der Waals surface area (Å²) >= 11 is 0. The van der Waals surface area contributed by atoms with Gasteiger partial charge in [-0.2, -0.15) is 0 Å². The highest BCUT2D eigenvalue weighted by atomic mass is 16.1. The van der Waals surface area contributed by atoms with Crippen LogP contribution in [0.5, 0.6) is 0 Å². The molecule has 1 aliphatic heterocycles. The summed E-state index contributed by atoms with van der Waals surface area (Å²) in [4.78, 5) is 24.0. The van der Waals surface area contributed by atoms with Crippen LogP contribution in [0.15, 0.2) is 0 Å². The third-order valence-corrected chi connectivity index (χ3v) is 4.09. The van der Waals surface area contributed by atoms with Crippen LogP contribution in [0.3, 0.4) is 0 Å². The first-order chi connectivity index (χ1) is 7.72. The summed E-state index contributed by atoms with van der Waals surface area (Å²) in [6, 6.07) is -0.372. The Morgan fingerprint density at radius 1 is 1.31 bits per heavy atom. The molecule has 1 aliphatic carbocycles. The minimum Gasteiger partial charge on any atom is -0.368 e. The van der Waals surface area contributed by atoms with Crippen molar-refractivity contribution in [2.75, 3.05) is 13.1 Å². The number of rotatable bonds is 4. The number of likely N-dealkylation sites (tertiary alicyclic amines) is 1. The smallest absolute Gasteiger partial charge is 0.235 e. The van der Waals surface area contributed by atoms with Crippen molar-refractivity contribution < 1.29 is 9.59 Å². The average molecular weight is 224 g/mol. The second-order valence-electron chi connectivity index (χ2n) is 5.08. The fraction of sp³-hybridized carbons (Fsp3) is 0.833. The summed E-state index contributed by atoms with van der Waals surface area (Å²) in [5, 5.41) is 0. The molecule has 90 valence electrons. The lowest BCUT2D eigenvalue weighted by molar-refractivity contribution is -0.125. The van der Waals surface area contributed by atoms with E-state index in [-0.39, 0.29) is 18.4 Å². The number of nitrogens with two attached hydrogens (primary N) is 1. The Hall–Kier alpha value is -0.900. The van der Waals surface area contributed by atoms with Crippen molar-refractivity contribution in [3.63, 3.8) is 0 Å². The molecule has 0 aromatic carbocycles. The van der Waals surface area contributed by atoms with Crippen LogP contribution in [0.2, 0.25) is 0 Å². The lowest BCUT2D eigenvalue weighted by Gasteiger charge is -2.23. The van der Waals surface area contributed by atoms with Crippen LogP contribution in [-0.2, 0) is 9.59 Å². The molecule has 16 heavy (non-hydrogen) atoms. The second-order valence-corrected chi connectivity index (χ2v) is 5.08. The number of amides is 1. The first-order valence-electron chi connectivity index (χ1n) is 6.19. The van der Waals surface area contributed by atoms with Crippen LogP contribution in [0.4, 0.5) is 0 Å². The normalized spacial score (nSPS) is 32.0. The Kier molecular flexibility index (Phi) is 3.59. The first kappa shape index (κ1) is 11.6. The number of primary amides is 1. The van der Waals surface area contributed by atoms with E-state index in [4.69, 9.17) is 5.73 Å². The zero-order valence-corrected chi connectivity index (χ0v) is 9.60. The first-order valence-corrected chi connectivity index (χ1v) is 6.19. The van der Waals surface area contributed by atoms with E-state index < -0.39 is 0 Å². The molecule has 0 aromatic heterocycles. The molecule has 1 heterocycles. The van der Waals surface area contributed by atoms with Crippen LogP contribution in [-0.4, -0.2) is 36.2 Å². The van der Waals surface area contributed by atoms with Gasteiger partial charge in [0, 0.05) is 19.5 Å². The van der Waals surface area contributed by atoms with E-state index in [1.165, 1.54) is 25.7 Å². The highest BCUT2D eigenvalue weighted by molar-refractivity contribution is 5.82. The summed E-state index contributed by atoms with van der Waals surface area (Å²) in [5.74, 6) is 1.09. The standard InChI is InChI=1S/C12H20N2O2/c13-12(16)11(5-6-15)14-7-9-3-1-2-4-10(9)8-14/h6,9-11H,1-5,7-8H2,(H2,13,16). The SMILES string of the molecule is NC(=O)C(CC=O)N1CC2CCCCC2C1. The topological polar surface area (TPSA) is 63.4 Å². The van der Waals surface area contributed by atoms with Crippen molar-refractivity contribution >= 4 is 12.2 Å². The fourth-order valence-corrected chi connectivity index (χ4v) is 3.23. The number of hydrogen-bond acceptors (Lipinski definition) is 3. The van der Waals surface area contributed by atoms with E-state index in [9.17, 15) is 9.59 Å². The third-order valence-electron chi connectivity index (χ3n) is 4.09. The van der Waals surface area contributed by atoms with Gasteiger partial charge in [-0.3, -0.25) is 9.69 Å². The predicted octanol–water partition coefficient (Wildman–Crippen LogP) is 0.551. The van der Waals surface area contributed by atoms with Crippen molar-refractivity contribution in [1.82, 2.24) is 4.90 Å². The van der Waals surface area contributed by atoms with Gasteiger partial charge in [0.05, 0.1) is 6.04 Å². The number of carbonyl (C=O) groups excluding carboxylic acids is 2. The lowest BCUT2D eigenvalue weighted by Crippen LogP contribution is -2.44. The summed E-state index contributed by atoms with van der Waals surface area (Å²) in [5.41, 5.74) is 5.35. The van der Waals surface area contributed by atoms with Crippen LogP contribution >= 0.6 is 0 Å². The molecule has 1 amide bonds. The molecular formula is C12H20N2O2. The van der Waals surface area contributed by atoms with E-state index in [1.807, 2.05) is 0 Å². The van der Waals surface area contributed by atoms with Gasteiger partial charge in [0.15, 0.2) is 0 Å². The van der Waals surface area contributed by atoms with Gasteiger partial charge in [-0.1, -0.05) is 12.8 Å². The Balaban J connectivity index is 1.99.